The molecule has 0 heterocycles. The lowest BCUT2D eigenvalue weighted by Crippen LogP contribution is -2.65. The van der Waals surface area contributed by atoms with Gasteiger partial charge in [-0.15, -0.1) is 11.8 Å². The zero-order chi connectivity index (χ0) is 28.9. The van der Waals surface area contributed by atoms with Crippen molar-refractivity contribution in [2.45, 2.75) is 42.3 Å². The van der Waals surface area contributed by atoms with E-state index in [-0.39, 0.29) is 23.3 Å². The molecule has 208 valence electrons. The van der Waals surface area contributed by atoms with Gasteiger partial charge in [0, 0.05) is 46.8 Å². The molecule has 0 aliphatic heterocycles. The van der Waals surface area contributed by atoms with E-state index in [0.29, 0.717) is 11.3 Å². The summed E-state index contributed by atoms with van der Waals surface area (Å²) in [6, 6.07) is 13.9. The van der Waals surface area contributed by atoms with Crippen LogP contribution < -0.4 is 5.73 Å². The molecular formula is C29H27NO9S. The molecule has 5 atom stereocenters. The van der Waals surface area contributed by atoms with E-state index in [1.54, 1.807) is 19.1 Å². The molecule has 10 nitrogen and oxygen atoms in total. The predicted molar refractivity (Wildman–Crippen MR) is 143 cm³/mol. The zero-order valence-corrected chi connectivity index (χ0v) is 22.2. The minimum absolute atomic E-state index is 0.0335. The first-order valence-corrected chi connectivity index (χ1v) is 13.7. The SMILES string of the molecule is CCC(=O)O[C@H]1[C@H]2C(=C(O)c3c(O)cccc3[C@@H]2CSc2ccccc2)C(=O)[C@]2(O)C(O)=C(C(N)=O)C(=O)C[C@H]12. The molecule has 5 rings (SSSR count). The molecule has 1 fully saturated rings. The number of phenols is 1. The van der Waals surface area contributed by atoms with Crippen molar-refractivity contribution in [1.29, 1.82) is 0 Å². The summed E-state index contributed by atoms with van der Waals surface area (Å²) < 4.78 is 5.79. The Morgan fingerprint density at radius 3 is 2.42 bits per heavy atom. The monoisotopic (exact) mass is 565 g/mol. The van der Waals surface area contributed by atoms with Crippen LogP contribution in [0.2, 0.25) is 0 Å². The quantitative estimate of drug-likeness (QED) is 0.198. The number of fused-ring (bicyclic) bond motifs is 3. The Labute approximate surface area is 233 Å². The molecule has 0 radical (unpaired) electrons. The van der Waals surface area contributed by atoms with Crippen LogP contribution in [0.3, 0.4) is 0 Å². The molecule has 0 bridgehead atoms. The van der Waals surface area contributed by atoms with E-state index in [1.807, 2.05) is 30.3 Å². The van der Waals surface area contributed by atoms with Crippen LogP contribution in [-0.2, 0) is 23.9 Å². The third kappa shape index (κ3) is 4.08. The average molecular weight is 566 g/mol. The lowest BCUT2D eigenvalue weighted by atomic mass is 9.55. The summed E-state index contributed by atoms with van der Waals surface area (Å²) in [6.07, 6.45) is -2.07. The highest BCUT2D eigenvalue weighted by Crippen LogP contribution is 2.57. The Morgan fingerprint density at radius 1 is 1.07 bits per heavy atom. The molecule has 0 saturated heterocycles. The fourth-order valence-corrected chi connectivity index (χ4v) is 7.15. The summed E-state index contributed by atoms with van der Waals surface area (Å²) in [5.41, 5.74) is 1.52. The van der Waals surface area contributed by atoms with E-state index in [4.69, 9.17) is 10.5 Å². The zero-order valence-electron chi connectivity index (χ0n) is 21.4. The molecule has 3 aliphatic rings. The molecule has 0 unspecified atom stereocenters. The molecule has 11 heteroatoms. The van der Waals surface area contributed by atoms with Crippen molar-refractivity contribution in [1.82, 2.24) is 0 Å². The average Bonchev–Trinajstić information content (AvgIpc) is 2.92. The molecule has 1 saturated carbocycles. The van der Waals surface area contributed by atoms with E-state index in [9.17, 15) is 39.6 Å². The topological polar surface area (TPSA) is 184 Å². The van der Waals surface area contributed by atoms with Crippen LogP contribution in [0.5, 0.6) is 5.75 Å². The predicted octanol–water partition coefficient (Wildman–Crippen LogP) is 2.69. The second-order valence-electron chi connectivity index (χ2n) is 9.99. The number of carbonyl (C=O) groups excluding carboxylic acids is 4. The first-order chi connectivity index (χ1) is 19.0. The third-order valence-corrected chi connectivity index (χ3v) is 9.00. The van der Waals surface area contributed by atoms with Crippen LogP contribution in [-0.4, -0.2) is 61.3 Å². The number of nitrogens with two attached hydrogens (primary N) is 1. The van der Waals surface area contributed by atoms with Gasteiger partial charge in [-0.3, -0.25) is 19.2 Å². The van der Waals surface area contributed by atoms with Gasteiger partial charge in [0.2, 0.25) is 5.78 Å². The number of esters is 1. The lowest BCUT2D eigenvalue weighted by Gasteiger charge is -2.51. The molecule has 0 spiro atoms. The number of primary amides is 1. The van der Waals surface area contributed by atoms with Crippen LogP contribution >= 0.6 is 11.8 Å². The van der Waals surface area contributed by atoms with Crippen LogP contribution in [0.4, 0.5) is 0 Å². The number of aromatic hydroxyl groups is 1. The van der Waals surface area contributed by atoms with Crippen LogP contribution in [0, 0.1) is 11.8 Å². The van der Waals surface area contributed by atoms with Crippen LogP contribution in [0.1, 0.15) is 36.8 Å². The molecular weight excluding hydrogens is 538 g/mol. The maximum Gasteiger partial charge on any atom is 0.305 e. The van der Waals surface area contributed by atoms with Crippen molar-refractivity contribution < 1.29 is 44.3 Å². The number of aliphatic hydroxyl groups is 3. The highest BCUT2D eigenvalue weighted by molar-refractivity contribution is 7.99. The van der Waals surface area contributed by atoms with E-state index in [1.165, 1.54) is 17.8 Å². The number of thioether (sulfide) groups is 1. The van der Waals surface area contributed by atoms with Crippen molar-refractivity contribution in [3.63, 3.8) is 0 Å². The third-order valence-electron chi connectivity index (χ3n) is 7.87. The van der Waals surface area contributed by atoms with Gasteiger partial charge in [0.1, 0.15) is 28.9 Å². The number of ether oxygens (including phenoxy) is 1. The molecule has 1 amide bonds. The van der Waals surface area contributed by atoms with Gasteiger partial charge >= 0.3 is 5.97 Å². The molecule has 40 heavy (non-hydrogen) atoms. The number of carbonyl (C=O) groups is 4. The minimum atomic E-state index is -2.89. The van der Waals surface area contributed by atoms with Crippen LogP contribution in [0.25, 0.3) is 5.76 Å². The molecule has 0 aromatic heterocycles. The number of aliphatic hydroxyl groups excluding tert-OH is 2. The number of hydrogen-bond donors (Lipinski definition) is 5. The number of amides is 1. The number of benzene rings is 2. The van der Waals surface area contributed by atoms with Gasteiger partial charge in [-0.2, -0.15) is 0 Å². The molecule has 6 N–H and O–H groups in total. The van der Waals surface area contributed by atoms with Gasteiger partial charge in [0.25, 0.3) is 5.91 Å². The number of hydrogen-bond acceptors (Lipinski definition) is 10. The van der Waals surface area contributed by atoms with Crippen molar-refractivity contribution in [3.8, 4) is 5.75 Å². The lowest BCUT2D eigenvalue weighted by molar-refractivity contribution is -0.178. The fraction of sp³-hybridized carbons (Fsp3) is 0.310. The molecule has 2 aromatic carbocycles. The smallest absolute Gasteiger partial charge is 0.305 e. The standard InChI is InChI=1S/C29H27NO9S/c1-2-19(33)39-25-16-11-18(32)22(28(30)37)26(35)29(16,38)27(36)23-21(25)15(12-40-13-7-4-3-5-8-13)14-9-6-10-17(31)20(14)24(23)34/h3-10,15-16,21,25,31,34-35,38H,2,11-12H2,1H3,(H2,30,37)/t15-,16+,21+,25+,29+/m0/s1. The largest absolute Gasteiger partial charge is 0.508 e. The maximum atomic E-state index is 14.1. The van der Waals surface area contributed by atoms with E-state index >= 15 is 0 Å². The fourth-order valence-electron chi connectivity index (χ4n) is 6.04. The summed E-state index contributed by atoms with van der Waals surface area (Å²) in [6.45, 7) is 1.54. The minimum Gasteiger partial charge on any atom is -0.508 e. The highest BCUT2D eigenvalue weighted by Gasteiger charge is 2.66. The molecule has 3 aliphatic carbocycles. The number of Topliss-reactive ketones (excluding diaryl/α,β-unsaturated/α-hetero) is 2. The van der Waals surface area contributed by atoms with Crippen molar-refractivity contribution in [2.75, 3.05) is 5.75 Å². The Balaban J connectivity index is 1.76. The Kier molecular flexibility index (Phi) is 6.97. The first-order valence-electron chi connectivity index (χ1n) is 12.7. The number of rotatable bonds is 6. The Morgan fingerprint density at radius 2 is 1.77 bits per heavy atom. The van der Waals surface area contributed by atoms with E-state index < -0.39 is 76.4 Å². The number of phenolic OH excluding ortho intramolecular Hbond substituents is 1. The summed E-state index contributed by atoms with van der Waals surface area (Å²) in [5.74, 6) is -9.24. The second kappa shape index (κ2) is 10.1. The van der Waals surface area contributed by atoms with E-state index in [2.05, 4.69) is 0 Å². The van der Waals surface area contributed by atoms with Gasteiger partial charge in [0.15, 0.2) is 11.4 Å². The van der Waals surface area contributed by atoms with Crippen molar-refractivity contribution >= 4 is 41.0 Å². The normalized spacial score (nSPS) is 27.6. The highest BCUT2D eigenvalue weighted by atomic mass is 32.2. The van der Waals surface area contributed by atoms with Gasteiger partial charge in [-0.05, 0) is 23.8 Å². The van der Waals surface area contributed by atoms with Crippen LogP contribution in [0.15, 0.2) is 70.3 Å². The van der Waals surface area contributed by atoms with Gasteiger partial charge in [-0.25, -0.2) is 0 Å². The van der Waals surface area contributed by atoms with Crippen molar-refractivity contribution in [3.05, 3.63) is 76.6 Å². The summed E-state index contributed by atoms with van der Waals surface area (Å²) in [4.78, 5) is 52.6. The van der Waals surface area contributed by atoms with Gasteiger partial charge in [-0.1, -0.05) is 37.3 Å². The summed E-state index contributed by atoms with van der Waals surface area (Å²) >= 11 is 1.43. The van der Waals surface area contributed by atoms with Gasteiger partial charge < -0.3 is 30.9 Å². The first kappa shape index (κ1) is 27.5. The summed E-state index contributed by atoms with van der Waals surface area (Å²) in [7, 11) is 0. The molecule has 2 aromatic rings. The number of ketones is 2. The Bertz CT molecular complexity index is 1500. The van der Waals surface area contributed by atoms with E-state index in [0.717, 1.165) is 4.90 Å². The summed E-state index contributed by atoms with van der Waals surface area (Å²) in [5, 5.41) is 44.9. The second-order valence-corrected chi connectivity index (χ2v) is 11.1. The Hall–Kier alpha value is -4.09. The van der Waals surface area contributed by atoms with Gasteiger partial charge in [0.05, 0.1) is 5.56 Å². The maximum absolute atomic E-state index is 14.1. The van der Waals surface area contributed by atoms with Crippen molar-refractivity contribution in [2.24, 2.45) is 17.6 Å².